The van der Waals surface area contributed by atoms with E-state index in [9.17, 15) is 18.0 Å². The molecule has 1 aromatic rings. The number of nitriles is 1. The molecule has 0 fully saturated rings. The van der Waals surface area contributed by atoms with Crippen LogP contribution in [0.15, 0.2) is 12.1 Å². The van der Waals surface area contributed by atoms with Gasteiger partial charge in [-0.15, -0.1) is 0 Å². The van der Waals surface area contributed by atoms with Crippen LogP contribution < -0.4 is 0 Å². The van der Waals surface area contributed by atoms with Crippen LogP contribution in [0.5, 0.6) is 0 Å². The first kappa shape index (κ1) is 14.3. The van der Waals surface area contributed by atoms with Gasteiger partial charge in [0.25, 0.3) is 0 Å². The zero-order chi connectivity index (χ0) is 13.9. The van der Waals surface area contributed by atoms with E-state index in [0.29, 0.717) is 0 Å². The number of benzene rings is 1. The Kier molecular flexibility index (Phi) is 4.19. The van der Waals surface area contributed by atoms with Gasteiger partial charge >= 0.3 is 12.1 Å². The molecule has 1 aromatic carbocycles. The third-order valence-electron chi connectivity index (χ3n) is 2.00. The molecule has 1 rings (SSSR count). The quantitative estimate of drug-likeness (QED) is 0.778. The van der Waals surface area contributed by atoms with Gasteiger partial charge in [0.2, 0.25) is 0 Å². The lowest BCUT2D eigenvalue weighted by molar-refractivity contribution is -0.138. The minimum atomic E-state index is -4.84. The van der Waals surface area contributed by atoms with Crippen LogP contribution in [-0.4, -0.2) is 12.6 Å². The molecule has 0 aliphatic carbocycles. The summed E-state index contributed by atoms with van der Waals surface area (Å²) in [5.74, 6) is -1.16. The Balaban J connectivity index is 3.54. The largest absolute Gasteiger partial charge is 0.462 e. The normalized spacial score (nSPS) is 10.9. The predicted octanol–water partition coefficient (Wildman–Crippen LogP) is 3.41. The number of alkyl halides is 3. The molecule has 0 unspecified atom stereocenters. The molecule has 0 amide bonds. The summed E-state index contributed by atoms with van der Waals surface area (Å²) >= 11 is 5.57. The van der Waals surface area contributed by atoms with Crippen LogP contribution >= 0.6 is 11.6 Å². The van der Waals surface area contributed by atoms with Crippen molar-refractivity contribution in [3.05, 3.63) is 33.8 Å². The van der Waals surface area contributed by atoms with Crippen molar-refractivity contribution in [3.63, 3.8) is 0 Å². The molecular formula is C11H7ClF3NO2. The van der Waals surface area contributed by atoms with Gasteiger partial charge in [-0.1, -0.05) is 11.6 Å². The maximum atomic E-state index is 12.8. The molecule has 18 heavy (non-hydrogen) atoms. The van der Waals surface area contributed by atoms with E-state index in [1.54, 1.807) is 0 Å². The SMILES string of the molecule is CCOC(=O)c1cc(Cl)cc(C#N)c1C(F)(F)F. The molecule has 0 bridgehead atoms. The summed E-state index contributed by atoms with van der Waals surface area (Å²) in [6.45, 7) is 1.38. The van der Waals surface area contributed by atoms with Crippen molar-refractivity contribution in [2.24, 2.45) is 0 Å². The van der Waals surface area contributed by atoms with Gasteiger partial charge in [0, 0.05) is 5.02 Å². The van der Waals surface area contributed by atoms with E-state index < -0.39 is 28.8 Å². The minimum absolute atomic E-state index is 0.0788. The molecule has 0 spiro atoms. The number of hydrogen-bond acceptors (Lipinski definition) is 3. The summed E-state index contributed by atoms with van der Waals surface area (Å²) in [4.78, 5) is 11.4. The Morgan fingerprint density at radius 2 is 2.11 bits per heavy atom. The van der Waals surface area contributed by atoms with Crippen LogP contribution in [-0.2, 0) is 10.9 Å². The monoisotopic (exact) mass is 277 g/mol. The van der Waals surface area contributed by atoms with Crippen molar-refractivity contribution in [1.29, 1.82) is 5.26 Å². The molecule has 0 aliphatic rings. The molecule has 0 heterocycles. The summed E-state index contributed by atoms with van der Waals surface area (Å²) in [5.41, 5.74) is -2.79. The number of carbonyl (C=O) groups is 1. The van der Waals surface area contributed by atoms with Crippen molar-refractivity contribution in [2.75, 3.05) is 6.61 Å². The zero-order valence-corrected chi connectivity index (χ0v) is 9.89. The third kappa shape index (κ3) is 2.93. The van der Waals surface area contributed by atoms with E-state index in [-0.39, 0.29) is 11.6 Å². The Morgan fingerprint density at radius 3 is 2.56 bits per heavy atom. The first-order valence-electron chi connectivity index (χ1n) is 4.79. The molecule has 96 valence electrons. The number of ether oxygens (including phenoxy) is 1. The number of carbonyl (C=O) groups excluding carboxylic acids is 1. The fraction of sp³-hybridized carbons (Fsp3) is 0.273. The molecule has 0 aliphatic heterocycles. The lowest BCUT2D eigenvalue weighted by atomic mass is 10.0. The van der Waals surface area contributed by atoms with Gasteiger partial charge in [-0.05, 0) is 19.1 Å². The van der Waals surface area contributed by atoms with E-state index in [0.717, 1.165) is 12.1 Å². The van der Waals surface area contributed by atoms with Crippen molar-refractivity contribution < 1.29 is 22.7 Å². The zero-order valence-electron chi connectivity index (χ0n) is 9.14. The van der Waals surface area contributed by atoms with Crippen molar-refractivity contribution in [2.45, 2.75) is 13.1 Å². The Hall–Kier alpha value is -1.74. The van der Waals surface area contributed by atoms with E-state index in [1.165, 1.54) is 13.0 Å². The number of esters is 1. The van der Waals surface area contributed by atoms with Crippen LogP contribution in [0.4, 0.5) is 13.2 Å². The van der Waals surface area contributed by atoms with E-state index in [4.69, 9.17) is 16.9 Å². The number of nitrogens with zero attached hydrogens (tertiary/aromatic N) is 1. The smallest absolute Gasteiger partial charge is 0.418 e. The lowest BCUT2D eigenvalue weighted by Crippen LogP contribution is -2.17. The first-order valence-corrected chi connectivity index (χ1v) is 5.17. The van der Waals surface area contributed by atoms with Crippen molar-refractivity contribution in [1.82, 2.24) is 0 Å². The summed E-state index contributed by atoms with van der Waals surface area (Å²) in [6.07, 6.45) is -4.84. The van der Waals surface area contributed by atoms with Crippen molar-refractivity contribution in [3.8, 4) is 6.07 Å². The van der Waals surface area contributed by atoms with Gasteiger partial charge in [0.1, 0.15) is 0 Å². The van der Waals surface area contributed by atoms with E-state index in [2.05, 4.69) is 4.74 Å². The molecule has 3 nitrogen and oxygen atoms in total. The van der Waals surface area contributed by atoms with Gasteiger partial charge in [0.15, 0.2) is 0 Å². The topological polar surface area (TPSA) is 50.1 Å². The maximum Gasteiger partial charge on any atom is 0.418 e. The average molecular weight is 278 g/mol. The second-order valence-corrected chi connectivity index (χ2v) is 3.64. The summed E-state index contributed by atoms with van der Waals surface area (Å²) in [6, 6.07) is 3.06. The highest BCUT2D eigenvalue weighted by atomic mass is 35.5. The third-order valence-corrected chi connectivity index (χ3v) is 2.22. The minimum Gasteiger partial charge on any atom is -0.462 e. The molecule has 0 aromatic heterocycles. The van der Waals surface area contributed by atoms with Crippen LogP contribution in [0.25, 0.3) is 0 Å². The summed E-state index contributed by atoms with van der Waals surface area (Å²) in [5, 5.41) is 8.55. The molecule has 0 atom stereocenters. The molecule has 0 saturated carbocycles. The van der Waals surface area contributed by atoms with Gasteiger partial charge < -0.3 is 4.74 Å². The number of rotatable bonds is 2. The second kappa shape index (κ2) is 5.27. The average Bonchev–Trinajstić information content (AvgIpc) is 2.26. The molecule has 0 saturated heterocycles. The number of halogens is 4. The van der Waals surface area contributed by atoms with Crippen molar-refractivity contribution >= 4 is 17.6 Å². The van der Waals surface area contributed by atoms with Crippen LogP contribution in [0.3, 0.4) is 0 Å². The Morgan fingerprint density at radius 1 is 1.50 bits per heavy atom. The fourth-order valence-corrected chi connectivity index (χ4v) is 1.59. The molecule has 0 N–H and O–H groups in total. The van der Waals surface area contributed by atoms with Crippen LogP contribution in [0.1, 0.15) is 28.4 Å². The standard InChI is InChI=1S/C11H7ClF3NO2/c1-2-18-10(17)8-4-7(12)3-6(5-16)9(8)11(13,14)15/h3-4H,2H2,1H3. The van der Waals surface area contributed by atoms with Crippen LogP contribution in [0.2, 0.25) is 5.02 Å². The predicted molar refractivity (Wildman–Crippen MR) is 57.1 cm³/mol. The van der Waals surface area contributed by atoms with Gasteiger partial charge in [0.05, 0.1) is 29.4 Å². The molecular weight excluding hydrogens is 271 g/mol. The Bertz CT molecular complexity index is 520. The molecule has 7 heteroatoms. The highest BCUT2D eigenvalue weighted by molar-refractivity contribution is 6.31. The maximum absolute atomic E-state index is 12.8. The number of hydrogen-bond donors (Lipinski definition) is 0. The van der Waals surface area contributed by atoms with Gasteiger partial charge in [-0.3, -0.25) is 0 Å². The Labute approximate surface area is 106 Å². The fourth-order valence-electron chi connectivity index (χ4n) is 1.37. The highest BCUT2D eigenvalue weighted by Crippen LogP contribution is 2.36. The first-order chi connectivity index (χ1) is 8.31. The lowest BCUT2D eigenvalue weighted by Gasteiger charge is -2.13. The highest BCUT2D eigenvalue weighted by Gasteiger charge is 2.39. The summed E-state index contributed by atoms with van der Waals surface area (Å²) < 4.78 is 43.0. The second-order valence-electron chi connectivity index (χ2n) is 3.21. The van der Waals surface area contributed by atoms with Gasteiger partial charge in [-0.25, -0.2) is 4.79 Å². The van der Waals surface area contributed by atoms with E-state index >= 15 is 0 Å². The van der Waals surface area contributed by atoms with Gasteiger partial charge in [-0.2, -0.15) is 18.4 Å². The van der Waals surface area contributed by atoms with Crippen LogP contribution in [0, 0.1) is 11.3 Å². The van der Waals surface area contributed by atoms with E-state index in [1.807, 2.05) is 0 Å². The summed E-state index contributed by atoms with van der Waals surface area (Å²) in [7, 11) is 0. The molecule has 0 radical (unpaired) electrons.